The molecule has 1 N–H and O–H groups in total. The van der Waals surface area contributed by atoms with Crippen LogP contribution in [0, 0.1) is 5.92 Å². The molecule has 0 aromatic heterocycles. The van der Waals surface area contributed by atoms with Gasteiger partial charge in [0.15, 0.2) is 0 Å². The number of likely N-dealkylation sites (tertiary alicyclic amines) is 1. The van der Waals surface area contributed by atoms with Crippen LogP contribution in [-0.2, 0) is 16.1 Å². The number of amides is 2. The molecule has 2 amide bonds. The zero-order chi connectivity index (χ0) is 17.6. The smallest absolute Gasteiger partial charge is 0.225 e. The van der Waals surface area contributed by atoms with Crippen molar-refractivity contribution in [1.29, 1.82) is 0 Å². The van der Waals surface area contributed by atoms with Crippen LogP contribution in [0.15, 0.2) is 54.6 Å². The van der Waals surface area contributed by atoms with Crippen LogP contribution in [0.5, 0.6) is 11.5 Å². The number of rotatable bonds is 6. The highest BCUT2D eigenvalue weighted by molar-refractivity contribution is 5.89. The lowest BCUT2D eigenvalue weighted by molar-refractivity contribution is -0.128. The molecule has 130 valence electrons. The van der Waals surface area contributed by atoms with Crippen molar-refractivity contribution in [2.24, 2.45) is 5.92 Å². The minimum absolute atomic E-state index is 0.0564. The normalized spacial score (nSPS) is 16.8. The summed E-state index contributed by atoms with van der Waals surface area (Å²) in [5.41, 5.74) is 0.957. The summed E-state index contributed by atoms with van der Waals surface area (Å²) in [6.07, 6.45) is 0.302. The lowest BCUT2D eigenvalue weighted by Gasteiger charge is -2.14. The second-order valence-electron chi connectivity index (χ2n) is 6.11. The fourth-order valence-electron chi connectivity index (χ4n) is 2.93. The topological polar surface area (TPSA) is 58.6 Å². The first-order valence-corrected chi connectivity index (χ1v) is 8.53. The highest BCUT2D eigenvalue weighted by Gasteiger charge is 2.33. The lowest BCUT2D eigenvalue weighted by Crippen LogP contribution is -2.32. The van der Waals surface area contributed by atoms with Gasteiger partial charge in [0.05, 0.1) is 5.92 Å². The van der Waals surface area contributed by atoms with Crippen molar-refractivity contribution in [1.82, 2.24) is 10.2 Å². The van der Waals surface area contributed by atoms with Gasteiger partial charge in [0, 0.05) is 26.1 Å². The van der Waals surface area contributed by atoms with E-state index >= 15 is 0 Å². The molecule has 0 unspecified atom stereocenters. The first-order chi connectivity index (χ1) is 12.2. The van der Waals surface area contributed by atoms with Crippen LogP contribution in [-0.4, -0.2) is 29.8 Å². The Hall–Kier alpha value is -2.82. The average Bonchev–Trinajstić information content (AvgIpc) is 3.02. The predicted octanol–water partition coefficient (Wildman–Crippen LogP) is 2.96. The highest BCUT2D eigenvalue weighted by Crippen LogP contribution is 2.22. The van der Waals surface area contributed by atoms with Gasteiger partial charge in [-0.3, -0.25) is 9.59 Å². The number of hydrogen-bond acceptors (Lipinski definition) is 3. The number of nitrogens with zero attached hydrogens (tertiary/aromatic N) is 1. The number of hydrogen-bond donors (Lipinski definition) is 1. The van der Waals surface area contributed by atoms with Crippen LogP contribution >= 0.6 is 0 Å². The molecular weight excluding hydrogens is 316 g/mol. The molecule has 5 nitrogen and oxygen atoms in total. The van der Waals surface area contributed by atoms with E-state index in [-0.39, 0.29) is 17.7 Å². The Morgan fingerprint density at radius 3 is 2.64 bits per heavy atom. The third kappa shape index (κ3) is 4.38. The Labute approximate surface area is 147 Å². The van der Waals surface area contributed by atoms with Crippen molar-refractivity contribution in [3.05, 3.63) is 60.2 Å². The molecule has 0 bridgehead atoms. The Bertz CT molecular complexity index is 746. The minimum Gasteiger partial charge on any atom is -0.457 e. The summed E-state index contributed by atoms with van der Waals surface area (Å²) in [7, 11) is 0. The molecule has 1 fully saturated rings. The van der Waals surface area contributed by atoms with Crippen LogP contribution in [0.1, 0.15) is 18.9 Å². The fourth-order valence-corrected chi connectivity index (χ4v) is 2.93. The number of carbonyl (C=O) groups is 2. The Morgan fingerprint density at radius 1 is 1.16 bits per heavy atom. The maximum Gasteiger partial charge on any atom is 0.225 e. The van der Waals surface area contributed by atoms with Crippen molar-refractivity contribution < 1.29 is 14.3 Å². The van der Waals surface area contributed by atoms with Gasteiger partial charge >= 0.3 is 0 Å². The number of carbonyl (C=O) groups excluding carboxylic acids is 2. The second-order valence-corrected chi connectivity index (χ2v) is 6.11. The van der Waals surface area contributed by atoms with Crippen molar-refractivity contribution in [2.45, 2.75) is 19.9 Å². The van der Waals surface area contributed by atoms with Gasteiger partial charge < -0.3 is 15.0 Å². The van der Waals surface area contributed by atoms with Crippen molar-refractivity contribution in [3.63, 3.8) is 0 Å². The van der Waals surface area contributed by atoms with E-state index in [1.54, 1.807) is 4.90 Å². The second kappa shape index (κ2) is 7.83. The number of ether oxygens (including phenoxy) is 1. The molecular formula is C20H22N2O3. The molecule has 1 heterocycles. The van der Waals surface area contributed by atoms with Gasteiger partial charge in [-0.15, -0.1) is 0 Å². The molecule has 1 aliphatic heterocycles. The Morgan fingerprint density at radius 2 is 1.92 bits per heavy atom. The molecule has 3 rings (SSSR count). The van der Waals surface area contributed by atoms with Crippen molar-refractivity contribution >= 4 is 11.8 Å². The standard InChI is InChI=1S/C20H22N2O3/c1-2-22-14-16(12-19(22)23)20(24)21-13-15-7-6-10-18(11-15)25-17-8-4-3-5-9-17/h3-11,16H,2,12-14H2,1H3,(H,21,24)/t16-/m1/s1. The van der Waals surface area contributed by atoms with Crippen LogP contribution in [0.25, 0.3) is 0 Å². The zero-order valence-electron chi connectivity index (χ0n) is 14.3. The summed E-state index contributed by atoms with van der Waals surface area (Å²) in [4.78, 5) is 25.7. The quantitative estimate of drug-likeness (QED) is 0.881. The maximum atomic E-state index is 12.3. The predicted molar refractivity (Wildman–Crippen MR) is 95.2 cm³/mol. The molecule has 0 saturated carbocycles. The molecule has 0 radical (unpaired) electrons. The first kappa shape index (κ1) is 17.0. The molecule has 1 aliphatic rings. The molecule has 5 heteroatoms. The number of nitrogens with one attached hydrogen (secondary N) is 1. The largest absolute Gasteiger partial charge is 0.457 e. The van der Waals surface area contributed by atoms with Crippen molar-refractivity contribution in [2.75, 3.05) is 13.1 Å². The monoisotopic (exact) mass is 338 g/mol. The van der Waals surface area contributed by atoms with Crippen molar-refractivity contribution in [3.8, 4) is 11.5 Å². The first-order valence-electron chi connectivity index (χ1n) is 8.53. The SMILES string of the molecule is CCN1C[C@H](C(=O)NCc2cccc(Oc3ccccc3)c2)CC1=O. The molecule has 2 aromatic carbocycles. The molecule has 2 aromatic rings. The van der Waals surface area contributed by atoms with E-state index in [4.69, 9.17) is 4.74 Å². The fraction of sp³-hybridized carbons (Fsp3) is 0.300. The van der Waals surface area contributed by atoms with Gasteiger partial charge in [-0.2, -0.15) is 0 Å². The van der Waals surface area contributed by atoms with Gasteiger partial charge in [0.25, 0.3) is 0 Å². The molecule has 1 saturated heterocycles. The zero-order valence-corrected chi connectivity index (χ0v) is 14.3. The van der Waals surface area contributed by atoms with Gasteiger partial charge in [-0.25, -0.2) is 0 Å². The van der Waals surface area contributed by atoms with E-state index in [9.17, 15) is 9.59 Å². The van der Waals surface area contributed by atoms with Crippen LogP contribution in [0.2, 0.25) is 0 Å². The molecule has 0 spiro atoms. The van der Waals surface area contributed by atoms with E-state index in [0.29, 0.717) is 26.1 Å². The summed E-state index contributed by atoms with van der Waals surface area (Å²) in [6.45, 7) is 3.51. The van der Waals surface area contributed by atoms with E-state index in [1.807, 2.05) is 61.5 Å². The van der Waals surface area contributed by atoms with Gasteiger partial charge in [-0.05, 0) is 36.8 Å². The molecule has 0 aliphatic carbocycles. The minimum atomic E-state index is -0.254. The number of para-hydroxylation sites is 1. The summed E-state index contributed by atoms with van der Waals surface area (Å²) in [6, 6.07) is 17.2. The van der Waals surface area contributed by atoms with Crippen LogP contribution in [0.3, 0.4) is 0 Å². The van der Waals surface area contributed by atoms with Crippen LogP contribution in [0.4, 0.5) is 0 Å². The summed E-state index contributed by atoms with van der Waals surface area (Å²) < 4.78 is 5.80. The summed E-state index contributed by atoms with van der Waals surface area (Å²) in [5, 5.41) is 2.92. The van der Waals surface area contributed by atoms with Gasteiger partial charge in [0.2, 0.25) is 11.8 Å². The third-order valence-electron chi connectivity index (χ3n) is 4.31. The lowest BCUT2D eigenvalue weighted by atomic mass is 10.1. The molecule has 1 atom stereocenters. The summed E-state index contributed by atoms with van der Waals surface area (Å²) in [5.74, 6) is 1.23. The van der Waals surface area contributed by atoms with E-state index < -0.39 is 0 Å². The highest BCUT2D eigenvalue weighted by atomic mass is 16.5. The Kier molecular flexibility index (Phi) is 5.33. The van der Waals surface area contributed by atoms with Gasteiger partial charge in [0.1, 0.15) is 11.5 Å². The third-order valence-corrected chi connectivity index (χ3v) is 4.31. The Balaban J connectivity index is 1.56. The maximum absolute atomic E-state index is 12.3. The van der Waals surface area contributed by atoms with Gasteiger partial charge in [-0.1, -0.05) is 30.3 Å². The van der Waals surface area contributed by atoms with E-state index in [1.165, 1.54) is 0 Å². The summed E-state index contributed by atoms with van der Waals surface area (Å²) >= 11 is 0. The average molecular weight is 338 g/mol. The molecule has 25 heavy (non-hydrogen) atoms. The van der Waals surface area contributed by atoms with Crippen LogP contribution < -0.4 is 10.1 Å². The van der Waals surface area contributed by atoms with E-state index in [0.717, 1.165) is 17.1 Å². The number of benzene rings is 2. The van der Waals surface area contributed by atoms with E-state index in [2.05, 4.69) is 5.32 Å².